The number of halogens is 1. The van der Waals surface area contributed by atoms with Crippen LogP contribution in [0.15, 0.2) is 52.3 Å². The maximum absolute atomic E-state index is 12.9. The van der Waals surface area contributed by atoms with Gasteiger partial charge >= 0.3 is 0 Å². The summed E-state index contributed by atoms with van der Waals surface area (Å²) in [6.45, 7) is 6.65. The molecule has 3 nitrogen and oxygen atoms in total. The lowest BCUT2D eigenvalue weighted by molar-refractivity contribution is 0.179. The molecule has 0 spiro atoms. The Morgan fingerprint density at radius 1 is 1.07 bits per heavy atom. The summed E-state index contributed by atoms with van der Waals surface area (Å²) < 4.78 is 25.9. The maximum atomic E-state index is 12.9. The molecule has 28 heavy (non-hydrogen) atoms. The van der Waals surface area contributed by atoms with Crippen molar-refractivity contribution in [3.05, 3.63) is 58.6 Å². The third-order valence-electron chi connectivity index (χ3n) is 5.26. The van der Waals surface area contributed by atoms with Crippen LogP contribution in [0.3, 0.4) is 0 Å². The molecule has 1 atom stereocenters. The van der Waals surface area contributed by atoms with Gasteiger partial charge in [0, 0.05) is 26.8 Å². The van der Waals surface area contributed by atoms with E-state index in [1.807, 2.05) is 12.1 Å². The van der Waals surface area contributed by atoms with Crippen LogP contribution in [0.5, 0.6) is 0 Å². The first-order chi connectivity index (χ1) is 13.4. The first-order valence-electron chi connectivity index (χ1n) is 9.99. The topological polar surface area (TPSA) is 37.4 Å². The fourth-order valence-corrected chi connectivity index (χ4v) is 7.12. The summed E-state index contributed by atoms with van der Waals surface area (Å²) in [4.78, 5) is 3.74. The van der Waals surface area contributed by atoms with Gasteiger partial charge in [-0.15, -0.1) is 0 Å². The predicted octanol–water partition coefficient (Wildman–Crippen LogP) is 5.80. The summed E-state index contributed by atoms with van der Waals surface area (Å²) in [6.07, 6.45) is 5.37. The van der Waals surface area contributed by atoms with Crippen LogP contribution in [0.2, 0.25) is 5.02 Å². The van der Waals surface area contributed by atoms with Gasteiger partial charge in [-0.05, 0) is 86.7 Å². The smallest absolute Gasteiger partial charge is 0.234 e. The first kappa shape index (κ1) is 21.7. The Morgan fingerprint density at radius 3 is 2.39 bits per heavy atom. The quantitative estimate of drug-likeness (QED) is 0.489. The zero-order valence-corrected chi connectivity index (χ0v) is 18.9. The molecule has 0 aliphatic heterocycles. The molecule has 152 valence electrons. The van der Waals surface area contributed by atoms with Crippen LogP contribution in [0.4, 0.5) is 0 Å². The maximum Gasteiger partial charge on any atom is 0.234 e. The number of rotatable bonds is 8. The Bertz CT molecular complexity index is 891. The molecule has 0 N–H and O–H groups in total. The van der Waals surface area contributed by atoms with Gasteiger partial charge in [0.1, 0.15) is 0 Å². The summed E-state index contributed by atoms with van der Waals surface area (Å²) in [7, 11) is -2.51. The predicted molar refractivity (Wildman–Crippen MR) is 119 cm³/mol. The Hall–Kier alpha value is -1.01. The minimum absolute atomic E-state index is 0.297. The van der Waals surface area contributed by atoms with E-state index in [1.165, 1.54) is 11.1 Å². The SMILES string of the molecule is CCCN(CCC)C1CCc2cccc(SS(=O)(=O)c3ccc(Cl)cc3)c2C1. The van der Waals surface area contributed by atoms with E-state index in [-0.39, 0.29) is 0 Å². The number of aryl methyl sites for hydroxylation is 1. The monoisotopic (exact) mass is 437 g/mol. The van der Waals surface area contributed by atoms with Crippen LogP contribution >= 0.6 is 22.4 Å². The average Bonchev–Trinajstić information content (AvgIpc) is 2.68. The van der Waals surface area contributed by atoms with Crippen LogP contribution in [-0.4, -0.2) is 32.4 Å². The second-order valence-corrected chi connectivity index (χ2v) is 11.6. The van der Waals surface area contributed by atoms with Crippen molar-refractivity contribution in [2.24, 2.45) is 0 Å². The third kappa shape index (κ3) is 5.12. The van der Waals surface area contributed by atoms with Gasteiger partial charge in [0.25, 0.3) is 0 Å². The van der Waals surface area contributed by atoms with Gasteiger partial charge < -0.3 is 4.90 Å². The highest BCUT2D eigenvalue weighted by Crippen LogP contribution is 2.38. The van der Waals surface area contributed by atoms with Crippen molar-refractivity contribution in [3.8, 4) is 0 Å². The molecule has 0 heterocycles. The lowest BCUT2D eigenvalue weighted by atomic mass is 9.87. The van der Waals surface area contributed by atoms with Crippen molar-refractivity contribution in [2.75, 3.05) is 13.1 Å². The molecular formula is C22H28ClNO2S2. The molecule has 1 unspecified atom stereocenters. The molecule has 1 aliphatic rings. The summed E-state index contributed by atoms with van der Waals surface area (Å²) in [6, 6.07) is 13.0. The van der Waals surface area contributed by atoms with Gasteiger partial charge in [-0.2, -0.15) is 0 Å². The highest BCUT2D eigenvalue weighted by Gasteiger charge is 2.27. The second-order valence-electron chi connectivity index (χ2n) is 7.32. The minimum atomic E-state index is -3.48. The van der Waals surface area contributed by atoms with E-state index in [4.69, 9.17) is 11.6 Å². The van der Waals surface area contributed by atoms with E-state index in [1.54, 1.807) is 24.3 Å². The Morgan fingerprint density at radius 2 is 1.75 bits per heavy atom. The molecule has 0 radical (unpaired) electrons. The molecule has 3 rings (SSSR count). The molecule has 2 aromatic carbocycles. The second kappa shape index (κ2) is 9.66. The molecule has 0 aromatic heterocycles. The zero-order chi connectivity index (χ0) is 20.1. The number of nitrogens with zero attached hydrogens (tertiary/aromatic N) is 1. The zero-order valence-electron chi connectivity index (χ0n) is 16.5. The van der Waals surface area contributed by atoms with Gasteiger partial charge in [0.15, 0.2) is 0 Å². The highest BCUT2D eigenvalue weighted by atomic mass is 35.5. The number of hydrogen-bond acceptors (Lipinski definition) is 4. The van der Waals surface area contributed by atoms with Gasteiger partial charge in [0.05, 0.1) is 4.90 Å². The van der Waals surface area contributed by atoms with Gasteiger partial charge in [-0.1, -0.05) is 37.6 Å². The van der Waals surface area contributed by atoms with Gasteiger partial charge in [-0.3, -0.25) is 0 Å². The normalized spacial score (nSPS) is 16.9. The molecule has 0 amide bonds. The van der Waals surface area contributed by atoms with Crippen molar-refractivity contribution >= 4 is 31.3 Å². The van der Waals surface area contributed by atoms with Crippen LogP contribution in [-0.2, 0) is 21.7 Å². The lowest BCUT2D eigenvalue weighted by Gasteiger charge is -2.35. The molecule has 0 saturated heterocycles. The number of fused-ring (bicyclic) bond motifs is 1. The van der Waals surface area contributed by atoms with Gasteiger partial charge in [0.2, 0.25) is 8.87 Å². The summed E-state index contributed by atoms with van der Waals surface area (Å²) in [5.41, 5.74) is 2.50. The molecular weight excluding hydrogens is 410 g/mol. The summed E-state index contributed by atoms with van der Waals surface area (Å²) >= 11 is 5.91. The van der Waals surface area contributed by atoms with Crippen LogP contribution in [0.1, 0.15) is 44.2 Å². The minimum Gasteiger partial charge on any atom is -0.300 e. The fraction of sp³-hybridized carbons (Fsp3) is 0.455. The van der Waals surface area contributed by atoms with Crippen molar-refractivity contribution in [1.29, 1.82) is 0 Å². The molecule has 0 bridgehead atoms. The van der Waals surface area contributed by atoms with Crippen LogP contribution in [0, 0.1) is 0 Å². The molecule has 0 fully saturated rings. The third-order valence-corrected chi connectivity index (χ3v) is 8.91. The largest absolute Gasteiger partial charge is 0.300 e. The average molecular weight is 438 g/mol. The van der Waals surface area contributed by atoms with E-state index in [2.05, 4.69) is 24.8 Å². The Labute approximate surface area is 177 Å². The molecule has 0 saturated carbocycles. The van der Waals surface area contributed by atoms with Crippen LogP contribution < -0.4 is 0 Å². The lowest BCUT2D eigenvalue weighted by Crippen LogP contribution is -2.40. The van der Waals surface area contributed by atoms with E-state index in [0.717, 1.165) is 60.9 Å². The van der Waals surface area contributed by atoms with E-state index in [0.29, 0.717) is 16.0 Å². The summed E-state index contributed by atoms with van der Waals surface area (Å²) in [5, 5.41) is 0.538. The molecule has 6 heteroatoms. The van der Waals surface area contributed by atoms with Gasteiger partial charge in [-0.25, -0.2) is 8.42 Å². The first-order valence-corrected chi connectivity index (χ1v) is 13.2. The van der Waals surface area contributed by atoms with Crippen molar-refractivity contribution < 1.29 is 8.42 Å². The van der Waals surface area contributed by atoms with E-state index < -0.39 is 8.87 Å². The van der Waals surface area contributed by atoms with E-state index >= 15 is 0 Å². The Balaban J connectivity index is 1.86. The highest BCUT2D eigenvalue weighted by molar-refractivity contribution is 8.72. The summed E-state index contributed by atoms with van der Waals surface area (Å²) in [5.74, 6) is 0. The molecule has 1 aliphatic carbocycles. The van der Waals surface area contributed by atoms with Crippen molar-refractivity contribution in [2.45, 2.75) is 61.8 Å². The van der Waals surface area contributed by atoms with Crippen LogP contribution in [0.25, 0.3) is 0 Å². The van der Waals surface area contributed by atoms with Crippen molar-refractivity contribution in [1.82, 2.24) is 4.90 Å². The van der Waals surface area contributed by atoms with Crippen molar-refractivity contribution in [3.63, 3.8) is 0 Å². The fourth-order valence-electron chi connectivity index (χ4n) is 3.95. The molecule has 2 aromatic rings. The Kier molecular flexibility index (Phi) is 7.48. The number of hydrogen-bond donors (Lipinski definition) is 0. The number of benzene rings is 2. The standard InChI is InChI=1S/C22H28ClNO2S2/c1-3-14-24(15-4-2)19-11-8-17-6-5-7-22(21(17)16-19)27-28(25,26)20-12-9-18(23)10-13-20/h5-7,9-10,12-13,19H,3-4,8,11,14-16H2,1-2H3. The van der Waals surface area contributed by atoms with E-state index in [9.17, 15) is 8.42 Å².